The van der Waals surface area contributed by atoms with Crippen LogP contribution in [0.25, 0.3) is 0 Å². The molecule has 0 saturated carbocycles. The van der Waals surface area contributed by atoms with Gasteiger partial charge in [-0.25, -0.2) is 0 Å². The number of hydrogen-bond acceptors (Lipinski definition) is 1. The molecule has 0 atom stereocenters. The highest BCUT2D eigenvalue weighted by atomic mass is 14.7. The van der Waals surface area contributed by atoms with E-state index in [1.54, 1.807) is 12.3 Å². The summed E-state index contributed by atoms with van der Waals surface area (Å²) in [5.41, 5.74) is 4.02. The van der Waals surface area contributed by atoms with Gasteiger partial charge in [-0.1, -0.05) is 43.5 Å². The van der Waals surface area contributed by atoms with E-state index >= 15 is 0 Å². The van der Waals surface area contributed by atoms with E-state index in [2.05, 4.69) is 18.2 Å². The van der Waals surface area contributed by atoms with Crippen LogP contribution in [-0.2, 0) is 0 Å². The summed E-state index contributed by atoms with van der Waals surface area (Å²) in [7, 11) is 0. The summed E-state index contributed by atoms with van der Waals surface area (Å²) < 4.78 is 0. The number of hydrogen-bond donors (Lipinski definition) is 0. The zero-order valence-electron chi connectivity index (χ0n) is 9.90. The Hall–Kier alpha value is -1.89. The summed E-state index contributed by atoms with van der Waals surface area (Å²) in [6.45, 7) is 11.7. The van der Waals surface area contributed by atoms with Crippen LogP contribution in [0.15, 0.2) is 65.7 Å². The molecule has 0 heterocycles. The van der Waals surface area contributed by atoms with Crippen LogP contribution in [0.4, 0.5) is 5.69 Å². The first kappa shape index (κ1) is 12.2. The smallest absolute Gasteiger partial charge is 0.0659 e. The highest BCUT2D eigenvalue weighted by Gasteiger charge is 1.95. The van der Waals surface area contributed by atoms with Crippen molar-refractivity contribution in [2.24, 2.45) is 4.99 Å². The van der Waals surface area contributed by atoms with Crippen LogP contribution in [-0.4, -0.2) is 6.21 Å². The highest BCUT2D eigenvalue weighted by molar-refractivity contribution is 5.87. The Morgan fingerprint density at radius 2 is 2.00 bits per heavy atom. The van der Waals surface area contributed by atoms with Gasteiger partial charge < -0.3 is 0 Å². The minimum absolute atomic E-state index is 0.876. The zero-order valence-corrected chi connectivity index (χ0v) is 9.90. The van der Waals surface area contributed by atoms with E-state index in [1.807, 2.05) is 44.2 Å². The molecule has 0 aliphatic carbocycles. The summed E-state index contributed by atoms with van der Waals surface area (Å²) in [5.74, 6) is 0. The van der Waals surface area contributed by atoms with Crippen molar-refractivity contribution in [3.8, 4) is 0 Å². The van der Waals surface area contributed by atoms with Crippen LogP contribution in [0, 0.1) is 6.92 Å². The van der Waals surface area contributed by atoms with E-state index in [1.165, 1.54) is 0 Å². The standard InChI is InChI=1S/C15H17N/c1-5-14(6-2)13(4)11-16-15-10-8-7-9-12(15)3/h5-11H,1,4H2,2-3H3/b14-6+,16-11-. The summed E-state index contributed by atoms with van der Waals surface area (Å²) in [4.78, 5) is 4.41. The van der Waals surface area contributed by atoms with Crippen molar-refractivity contribution >= 4 is 11.9 Å². The van der Waals surface area contributed by atoms with Gasteiger partial charge in [-0.15, -0.1) is 0 Å². The molecule has 16 heavy (non-hydrogen) atoms. The second-order valence-corrected chi connectivity index (χ2v) is 3.52. The Kier molecular flexibility index (Phi) is 4.46. The maximum atomic E-state index is 4.41. The fourth-order valence-electron chi connectivity index (χ4n) is 1.36. The summed E-state index contributed by atoms with van der Waals surface area (Å²) in [6.07, 6.45) is 5.53. The normalized spacial score (nSPS) is 11.8. The lowest BCUT2D eigenvalue weighted by molar-refractivity contribution is 1.40. The van der Waals surface area contributed by atoms with Gasteiger partial charge in [0.2, 0.25) is 0 Å². The van der Waals surface area contributed by atoms with Gasteiger partial charge in [0.05, 0.1) is 5.69 Å². The lowest BCUT2D eigenvalue weighted by Crippen LogP contribution is -1.85. The summed E-state index contributed by atoms with van der Waals surface area (Å²) in [6, 6.07) is 8.01. The lowest BCUT2D eigenvalue weighted by atomic mass is 10.1. The predicted molar refractivity (Wildman–Crippen MR) is 72.4 cm³/mol. The molecule has 1 rings (SSSR count). The number of para-hydroxylation sites is 1. The fourth-order valence-corrected chi connectivity index (χ4v) is 1.36. The minimum atomic E-state index is 0.876. The van der Waals surface area contributed by atoms with Crippen molar-refractivity contribution < 1.29 is 0 Å². The van der Waals surface area contributed by atoms with Gasteiger partial charge in [0, 0.05) is 6.21 Å². The van der Waals surface area contributed by atoms with Crippen molar-refractivity contribution in [2.75, 3.05) is 0 Å². The summed E-state index contributed by atoms with van der Waals surface area (Å²) >= 11 is 0. The van der Waals surface area contributed by atoms with Crippen molar-refractivity contribution in [3.63, 3.8) is 0 Å². The molecule has 0 aliphatic heterocycles. The number of aliphatic imine (C=N–C) groups is 1. The second-order valence-electron chi connectivity index (χ2n) is 3.52. The third kappa shape index (κ3) is 3.06. The van der Waals surface area contributed by atoms with Gasteiger partial charge in [0.1, 0.15) is 0 Å². The molecule has 1 heteroatoms. The average Bonchev–Trinajstić information content (AvgIpc) is 2.29. The lowest BCUT2D eigenvalue weighted by Gasteiger charge is -2.01. The van der Waals surface area contributed by atoms with E-state index in [0.29, 0.717) is 0 Å². The van der Waals surface area contributed by atoms with Crippen LogP contribution in [0.5, 0.6) is 0 Å². The third-order valence-corrected chi connectivity index (χ3v) is 2.38. The molecule has 1 aromatic carbocycles. The van der Waals surface area contributed by atoms with Crippen LogP contribution >= 0.6 is 0 Å². The van der Waals surface area contributed by atoms with Gasteiger partial charge in [-0.05, 0) is 36.6 Å². The Morgan fingerprint density at radius 1 is 1.31 bits per heavy atom. The fraction of sp³-hybridized carbons (Fsp3) is 0.133. The van der Waals surface area contributed by atoms with Gasteiger partial charge in [0.25, 0.3) is 0 Å². The molecule has 82 valence electrons. The van der Waals surface area contributed by atoms with Crippen molar-refractivity contribution in [1.82, 2.24) is 0 Å². The molecule has 0 radical (unpaired) electrons. The first-order valence-corrected chi connectivity index (χ1v) is 5.26. The summed E-state index contributed by atoms with van der Waals surface area (Å²) in [5, 5.41) is 0. The Bertz CT molecular complexity index is 450. The molecule has 0 aliphatic rings. The van der Waals surface area contributed by atoms with Crippen molar-refractivity contribution in [3.05, 3.63) is 66.3 Å². The second kappa shape index (κ2) is 5.86. The maximum absolute atomic E-state index is 4.41. The number of benzene rings is 1. The van der Waals surface area contributed by atoms with E-state index in [-0.39, 0.29) is 0 Å². The first-order chi connectivity index (χ1) is 7.69. The van der Waals surface area contributed by atoms with Gasteiger partial charge >= 0.3 is 0 Å². The molecular weight excluding hydrogens is 194 g/mol. The Morgan fingerprint density at radius 3 is 2.56 bits per heavy atom. The minimum Gasteiger partial charge on any atom is -0.256 e. The maximum Gasteiger partial charge on any atom is 0.0659 e. The monoisotopic (exact) mass is 211 g/mol. The molecule has 0 unspecified atom stereocenters. The molecule has 0 aromatic heterocycles. The van der Waals surface area contributed by atoms with Gasteiger partial charge in [0.15, 0.2) is 0 Å². The van der Waals surface area contributed by atoms with Gasteiger partial charge in [-0.3, -0.25) is 4.99 Å². The molecule has 0 bridgehead atoms. The van der Waals surface area contributed by atoms with E-state index in [9.17, 15) is 0 Å². The van der Waals surface area contributed by atoms with Crippen LogP contribution in [0.1, 0.15) is 12.5 Å². The number of nitrogens with zero attached hydrogens (tertiary/aromatic N) is 1. The van der Waals surface area contributed by atoms with Crippen LogP contribution < -0.4 is 0 Å². The molecule has 0 amide bonds. The Balaban J connectivity index is 2.86. The number of allylic oxidation sites excluding steroid dienone is 4. The van der Waals surface area contributed by atoms with Crippen molar-refractivity contribution in [1.29, 1.82) is 0 Å². The highest BCUT2D eigenvalue weighted by Crippen LogP contribution is 2.17. The topological polar surface area (TPSA) is 12.4 Å². The van der Waals surface area contributed by atoms with E-state index < -0.39 is 0 Å². The first-order valence-electron chi connectivity index (χ1n) is 5.26. The third-order valence-electron chi connectivity index (χ3n) is 2.38. The molecule has 0 fully saturated rings. The van der Waals surface area contributed by atoms with Crippen LogP contribution in [0.2, 0.25) is 0 Å². The largest absolute Gasteiger partial charge is 0.256 e. The molecular formula is C15H17N. The number of aryl methyl sites for hydroxylation is 1. The predicted octanol–water partition coefficient (Wildman–Crippen LogP) is 4.39. The molecule has 0 N–H and O–H groups in total. The van der Waals surface area contributed by atoms with Crippen molar-refractivity contribution in [2.45, 2.75) is 13.8 Å². The molecule has 0 saturated heterocycles. The number of rotatable bonds is 4. The van der Waals surface area contributed by atoms with Crippen LogP contribution in [0.3, 0.4) is 0 Å². The molecule has 1 nitrogen and oxygen atoms in total. The van der Waals surface area contributed by atoms with E-state index in [4.69, 9.17) is 0 Å². The molecule has 0 spiro atoms. The molecule has 1 aromatic rings. The SMILES string of the molecule is C=C/C(=C\C)C(=C)/C=N\c1ccccc1C. The zero-order chi connectivity index (χ0) is 12.0. The van der Waals surface area contributed by atoms with E-state index in [0.717, 1.165) is 22.4 Å². The average molecular weight is 211 g/mol. The van der Waals surface area contributed by atoms with Gasteiger partial charge in [-0.2, -0.15) is 0 Å². The quantitative estimate of drug-likeness (QED) is 0.517. The Labute approximate surface area is 97.5 Å².